The third-order valence-electron chi connectivity index (χ3n) is 4.10. The van der Waals surface area contributed by atoms with Crippen molar-refractivity contribution in [3.05, 3.63) is 77.1 Å². The van der Waals surface area contributed by atoms with Gasteiger partial charge in [0.1, 0.15) is 5.78 Å². The number of allylic oxidation sites excluding steroid dienone is 1. The highest BCUT2D eigenvalue weighted by Crippen LogP contribution is 2.60. The van der Waals surface area contributed by atoms with E-state index in [1.165, 1.54) is 0 Å². The highest BCUT2D eigenvalue weighted by atomic mass is 31.2. The number of hydrogen-bond acceptors (Lipinski definition) is 4. The van der Waals surface area contributed by atoms with Crippen molar-refractivity contribution in [1.29, 1.82) is 0 Å². The van der Waals surface area contributed by atoms with Crippen LogP contribution < -0.4 is 0 Å². The summed E-state index contributed by atoms with van der Waals surface area (Å²) in [5.41, 5.74) is 2.49. The van der Waals surface area contributed by atoms with E-state index in [4.69, 9.17) is 9.05 Å². The lowest BCUT2D eigenvalue weighted by molar-refractivity contribution is -0.118. The van der Waals surface area contributed by atoms with Crippen molar-refractivity contribution in [3.63, 3.8) is 0 Å². The Morgan fingerprint density at radius 1 is 0.815 bits per heavy atom. The van der Waals surface area contributed by atoms with Gasteiger partial charge in [-0.1, -0.05) is 67.6 Å². The third kappa shape index (κ3) is 5.49. The minimum Gasteiger partial charge on any atom is -0.306 e. The van der Waals surface area contributed by atoms with E-state index in [9.17, 15) is 9.36 Å². The molecule has 0 unspecified atom stereocenters. The van der Waals surface area contributed by atoms with Gasteiger partial charge in [-0.05, 0) is 25.0 Å². The second-order valence-corrected chi connectivity index (χ2v) is 8.01. The molecule has 0 fully saturated rings. The van der Waals surface area contributed by atoms with Gasteiger partial charge in [0.2, 0.25) is 0 Å². The van der Waals surface area contributed by atoms with Gasteiger partial charge in [-0.2, -0.15) is 0 Å². The van der Waals surface area contributed by atoms with Crippen molar-refractivity contribution < 1.29 is 18.4 Å². The molecule has 4 nitrogen and oxygen atoms in total. The lowest BCUT2D eigenvalue weighted by atomic mass is 9.96. The van der Waals surface area contributed by atoms with Crippen molar-refractivity contribution in [3.8, 4) is 0 Å². The average molecular weight is 386 g/mol. The fourth-order valence-corrected chi connectivity index (χ4v) is 4.84. The first-order valence-corrected chi connectivity index (χ1v) is 10.8. The summed E-state index contributed by atoms with van der Waals surface area (Å²) in [5.74, 6) is -0.00556. The molecule has 0 saturated heterocycles. The summed E-state index contributed by atoms with van der Waals surface area (Å²) in [7, 11) is -3.62. The first kappa shape index (κ1) is 21.3. The average Bonchev–Trinajstić information content (AvgIpc) is 2.69. The number of ketones is 1. The zero-order chi connectivity index (χ0) is 19.7. The highest BCUT2D eigenvalue weighted by molar-refractivity contribution is 7.58. The number of rotatable bonds is 10. The molecule has 0 spiro atoms. The molecule has 2 aromatic rings. The standard InChI is InChI=1S/C22H27O4P/c1-4-20(23)17-21(27(24,25-5-2)26-6-3)22(18-13-9-7-10-14-18)19-15-11-8-12-16-19/h7-16H,4-6,17H2,1-3H3. The Hall–Kier alpha value is -2.00. The minimum absolute atomic E-state index is 0.00556. The van der Waals surface area contributed by atoms with Crippen molar-refractivity contribution in [2.45, 2.75) is 33.6 Å². The molecule has 0 saturated carbocycles. The summed E-state index contributed by atoms with van der Waals surface area (Å²) in [6.45, 7) is 5.82. The van der Waals surface area contributed by atoms with E-state index in [1.807, 2.05) is 60.7 Å². The molecule has 0 aromatic heterocycles. The molecule has 0 aliphatic heterocycles. The number of benzene rings is 2. The van der Waals surface area contributed by atoms with Crippen LogP contribution in [0.3, 0.4) is 0 Å². The second kappa shape index (κ2) is 10.4. The molecular weight excluding hydrogens is 359 g/mol. The van der Waals surface area contributed by atoms with Crippen LogP contribution in [0, 0.1) is 0 Å². The van der Waals surface area contributed by atoms with Crippen LogP contribution in [0.15, 0.2) is 66.0 Å². The van der Waals surface area contributed by atoms with E-state index in [1.54, 1.807) is 20.8 Å². The molecule has 144 valence electrons. The largest absolute Gasteiger partial charge is 0.358 e. The maximum atomic E-state index is 13.7. The zero-order valence-electron chi connectivity index (χ0n) is 16.2. The van der Waals surface area contributed by atoms with Gasteiger partial charge >= 0.3 is 7.60 Å². The Morgan fingerprint density at radius 2 is 1.26 bits per heavy atom. The van der Waals surface area contributed by atoms with Crippen LogP contribution in [-0.4, -0.2) is 19.0 Å². The molecule has 0 amide bonds. The van der Waals surface area contributed by atoms with E-state index in [0.717, 1.165) is 16.7 Å². The Bertz CT molecular complexity index is 761. The maximum absolute atomic E-state index is 13.7. The van der Waals surface area contributed by atoms with Crippen LogP contribution >= 0.6 is 7.60 Å². The highest BCUT2D eigenvalue weighted by Gasteiger charge is 2.34. The Labute approximate surface area is 161 Å². The normalized spacial score (nSPS) is 11.2. The molecular formula is C22H27O4P. The molecule has 0 N–H and O–H groups in total. The van der Waals surface area contributed by atoms with Crippen molar-refractivity contribution >= 4 is 19.0 Å². The summed E-state index contributed by atoms with van der Waals surface area (Å²) in [5, 5.41) is 0.426. The first-order valence-electron chi connectivity index (χ1n) is 9.31. The molecule has 0 heterocycles. The van der Waals surface area contributed by atoms with Gasteiger partial charge in [-0.15, -0.1) is 0 Å². The topological polar surface area (TPSA) is 52.6 Å². The lowest BCUT2D eigenvalue weighted by Crippen LogP contribution is -2.07. The van der Waals surface area contributed by atoms with Gasteiger partial charge in [0.15, 0.2) is 0 Å². The fourth-order valence-electron chi connectivity index (χ4n) is 2.88. The van der Waals surface area contributed by atoms with E-state index < -0.39 is 7.60 Å². The van der Waals surface area contributed by atoms with Gasteiger partial charge in [0.25, 0.3) is 0 Å². The molecule has 0 aliphatic rings. The minimum atomic E-state index is -3.62. The van der Waals surface area contributed by atoms with E-state index in [0.29, 0.717) is 11.7 Å². The summed E-state index contributed by atoms with van der Waals surface area (Å²) in [6, 6.07) is 19.3. The van der Waals surface area contributed by atoms with Crippen molar-refractivity contribution in [2.75, 3.05) is 13.2 Å². The first-order chi connectivity index (χ1) is 13.1. The monoisotopic (exact) mass is 386 g/mol. The molecule has 2 aromatic carbocycles. The number of carbonyl (C=O) groups excluding carboxylic acids is 1. The van der Waals surface area contributed by atoms with E-state index in [-0.39, 0.29) is 25.4 Å². The fraction of sp³-hybridized carbons (Fsp3) is 0.318. The van der Waals surface area contributed by atoms with Gasteiger partial charge < -0.3 is 9.05 Å². The second-order valence-electron chi connectivity index (χ2n) is 5.96. The summed E-state index contributed by atoms with van der Waals surface area (Å²) in [6.07, 6.45) is 0.394. The Morgan fingerprint density at radius 3 is 1.63 bits per heavy atom. The van der Waals surface area contributed by atoms with Crippen LogP contribution in [0.5, 0.6) is 0 Å². The summed E-state index contributed by atoms with van der Waals surface area (Å²) >= 11 is 0. The van der Waals surface area contributed by atoms with Gasteiger partial charge in [0, 0.05) is 18.4 Å². The Kier molecular flexibility index (Phi) is 8.18. The van der Waals surface area contributed by atoms with E-state index >= 15 is 0 Å². The number of Topliss-reactive ketones (excluding diaryl/α,β-unsaturated/α-hetero) is 1. The molecule has 0 bridgehead atoms. The molecule has 0 aliphatic carbocycles. The molecule has 27 heavy (non-hydrogen) atoms. The van der Waals surface area contributed by atoms with Crippen molar-refractivity contribution in [1.82, 2.24) is 0 Å². The van der Waals surface area contributed by atoms with Crippen LogP contribution in [0.1, 0.15) is 44.7 Å². The van der Waals surface area contributed by atoms with E-state index in [2.05, 4.69) is 0 Å². The molecule has 0 atom stereocenters. The molecule has 5 heteroatoms. The Balaban J connectivity index is 2.82. The number of hydrogen-bond donors (Lipinski definition) is 0. The number of carbonyl (C=O) groups is 1. The molecule has 2 rings (SSSR count). The predicted molar refractivity (Wildman–Crippen MR) is 110 cm³/mol. The van der Waals surface area contributed by atoms with Gasteiger partial charge in [0.05, 0.1) is 18.5 Å². The van der Waals surface area contributed by atoms with Crippen LogP contribution in [0.25, 0.3) is 5.57 Å². The van der Waals surface area contributed by atoms with Gasteiger partial charge in [-0.3, -0.25) is 9.36 Å². The van der Waals surface area contributed by atoms with Crippen LogP contribution in [0.2, 0.25) is 0 Å². The lowest BCUT2D eigenvalue weighted by Gasteiger charge is -2.24. The summed E-state index contributed by atoms with van der Waals surface area (Å²) in [4.78, 5) is 12.4. The van der Waals surface area contributed by atoms with Crippen LogP contribution in [0.4, 0.5) is 0 Å². The van der Waals surface area contributed by atoms with Gasteiger partial charge in [-0.25, -0.2) is 0 Å². The SMILES string of the molecule is CCOP(=O)(OCC)C(CC(=O)CC)=C(c1ccccc1)c1ccccc1. The summed E-state index contributed by atoms with van der Waals surface area (Å²) < 4.78 is 24.9. The quantitative estimate of drug-likeness (QED) is 0.464. The molecule has 0 radical (unpaired) electrons. The van der Waals surface area contributed by atoms with Crippen LogP contribution in [-0.2, 0) is 18.4 Å². The smallest absolute Gasteiger partial charge is 0.306 e. The zero-order valence-corrected chi connectivity index (χ0v) is 17.1. The third-order valence-corrected chi connectivity index (χ3v) is 6.34. The van der Waals surface area contributed by atoms with Crippen molar-refractivity contribution in [2.24, 2.45) is 0 Å². The maximum Gasteiger partial charge on any atom is 0.358 e. The predicted octanol–water partition coefficient (Wildman–Crippen LogP) is 6.08.